The fourth-order valence-corrected chi connectivity index (χ4v) is 3.89. The lowest BCUT2D eigenvalue weighted by Crippen LogP contribution is -2.56. The minimum Gasteiger partial charge on any atom is -0.353 e. The van der Waals surface area contributed by atoms with E-state index in [1.165, 1.54) is 0 Å². The second-order valence-corrected chi connectivity index (χ2v) is 8.29. The summed E-state index contributed by atoms with van der Waals surface area (Å²) in [6.45, 7) is 2.79. The molecule has 3 rings (SSSR count). The van der Waals surface area contributed by atoms with Gasteiger partial charge in [0.25, 0.3) is 0 Å². The standard InChI is InChI=1S/C24H32N4O2/c1-24(19-28-17-11-16-26-28)18-25-23(30)21(20-12-7-6-8-13-20)14-9-4-2-3-5-10-15-22(29)27-24/h2-3,6-8,11-13,16-17,21H,4-5,9-10,14-15,18-19H2,1H3,(H,25,30)(H,27,29)/b3-2+. The molecule has 0 spiro atoms. The van der Waals surface area contributed by atoms with E-state index in [1.807, 2.05) is 49.5 Å². The van der Waals surface area contributed by atoms with Crippen LogP contribution in [0.25, 0.3) is 0 Å². The molecule has 2 unspecified atom stereocenters. The van der Waals surface area contributed by atoms with Crippen molar-refractivity contribution in [2.75, 3.05) is 6.54 Å². The third-order valence-corrected chi connectivity index (χ3v) is 5.49. The van der Waals surface area contributed by atoms with Crippen LogP contribution in [0.5, 0.6) is 0 Å². The van der Waals surface area contributed by atoms with Gasteiger partial charge in [-0.3, -0.25) is 14.3 Å². The van der Waals surface area contributed by atoms with Gasteiger partial charge in [0.1, 0.15) is 0 Å². The van der Waals surface area contributed by atoms with Crippen molar-refractivity contribution in [3.63, 3.8) is 0 Å². The van der Waals surface area contributed by atoms with Crippen LogP contribution in [0.15, 0.2) is 60.9 Å². The summed E-state index contributed by atoms with van der Waals surface area (Å²) in [7, 11) is 0. The zero-order valence-electron chi connectivity index (χ0n) is 17.7. The molecule has 2 atom stereocenters. The molecule has 160 valence electrons. The molecule has 0 saturated heterocycles. The Hall–Kier alpha value is -2.89. The topological polar surface area (TPSA) is 76.0 Å². The highest BCUT2D eigenvalue weighted by Crippen LogP contribution is 2.23. The maximum atomic E-state index is 13.2. The average molecular weight is 409 g/mol. The first-order valence-corrected chi connectivity index (χ1v) is 10.8. The van der Waals surface area contributed by atoms with Gasteiger partial charge in [0.15, 0.2) is 0 Å². The number of nitrogens with zero attached hydrogens (tertiary/aromatic N) is 2. The highest BCUT2D eigenvalue weighted by molar-refractivity contribution is 5.84. The monoisotopic (exact) mass is 408 g/mol. The van der Waals surface area contributed by atoms with E-state index in [0.717, 1.165) is 37.7 Å². The van der Waals surface area contributed by atoms with Gasteiger partial charge in [-0.1, -0.05) is 42.5 Å². The number of hydrogen-bond acceptors (Lipinski definition) is 3. The van der Waals surface area contributed by atoms with E-state index in [-0.39, 0.29) is 17.7 Å². The molecule has 30 heavy (non-hydrogen) atoms. The normalized spacial score (nSPS) is 25.4. The number of carbonyl (C=O) groups excluding carboxylic acids is 2. The Labute approximate surface area is 178 Å². The quantitative estimate of drug-likeness (QED) is 0.763. The molecule has 6 nitrogen and oxygen atoms in total. The van der Waals surface area contributed by atoms with Gasteiger partial charge in [-0.2, -0.15) is 5.10 Å². The molecule has 0 aliphatic carbocycles. The summed E-state index contributed by atoms with van der Waals surface area (Å²) in [5.74, 6) is -0.197. The van der Waals surface area contributed by atoms with Gasteiger partial charge in [0.2, 0.25) is 11.8 Å². The van der Waals surface area contributed by atoms with Crippen LogP contribution < -0.4 is 10.6 Å². The number of benzene rings is 1. The predicted octanol–water partition coefficient (Wildman–Crippen LogP) is 3.57. The lowest BCUT2D eigenvalue weighted by atomic mass is 9.92. The SMILES string of the molecule is CC1(Cn2cccn2)CNC(=O)C(c2ccccc2)CCC/C=C/CCCC(=O)N1. The Balaban J connectivity index is 1.79. The van der Waals surface area contributed by atoms with E-state index in [1.54, 1.807) is 10.9 Å². The van der Waals surface area contributed by atoms with E-state index in [0.29, 0.717) is 19.5 Å². The minimum absolute atomic E-state index is 0.000917. The van der Waals surface area contributed by atoms with Gasteiger partial charge < -0.3 is 10.6 Å². The fourth-order valence-electron chi connectivity index (χ4n) is 3.89. The zero-order chi connectivity index (χ0) is 21.2. The molecule has 2 aromatic rings. The third-order valence-electron chi connectivity index (χ3n) is 5.49. The van der Waals surface area contributed by atoms with E-state index >= 15 is 0 Å². The Kier molecular flexibility index (Phi) is 7.82. The van der Waals surface area contributed by atoms with Crippen molar-refractivity contribution in [3.8, 4) is 0 Å². The predicted molar refractivity (Wildman–Crippen MR) is 118 cm³/mol. The van der Waals surface area contributed by atoms with Crippen LogP contribution in [0.2, 0.25) is 0 Å². The molecular formula is C24H32N4O2. The molecule has 1 aromatic carbocycles. The largest absolute Gasteiger partial charge is 0.353 e. The van der Waals surface area contributed by atoms with Gasteiger partial charge in [0.05, 0.1) is 18.0 Å². The van der Waals surface area contributed by atoms with Gasteiger partial charge in [0, 0.05) is 25.4 Å². The molecule has 1 aliphatic rings. The van der Waals surface area contributed by atoms with Crippen LogP contribution >= 0.6 is 0 Å². The third kappa shape index (κ3) is 6.58. The molecule has 2 N–H and O–H groups in total. The summed E-state index contributed by atoms with van der Waals surface area (Å²) in [4.78, 5) is 25.7. The average Bonchev–Trinajstić information content (AvgIpc) is 3.23. The van der Waals surface area contributed by atoms with Crippen molar-refractivity contribution in [3.05, 3.63) is 66.5 Å². The number of aromatic nitrogens is 2. The highest BCUT2D eigenvalue weighted by atomic mass is 16.2. The van der Waals surface area contributed by atoms with Crippen molar-refractivity contribution in [2.45, 2.75) is 63.5 Å². The van der Waals surface area contributed by atoms with Gasteiger partial charge in [-0.05, 0) is 50.7 Å². The molecule has 2 amide bonds. The summed E-state index contributed by atoms with van der Waals surface area (Å²) in [6.07, 6.45) is 12.8. The summed E-state index contributed by atoms with van der Waals surface area (Å²) in [6, 6.07) is 11.8. The lowest BCUT2D eigenvalue weighted by Gasteiger charge is -2.32. The molecule has 0 radical (unpaired) electrons. The van der Waals surface area contributed by atoms with Crippen molar-refractivity contribution >= 4 is 11.8 Å². The van der Waals surface area contributed by atoms with Crippen LogP contribution in [-0.4, -0.2) is 33.7 Å². The second-order valence-electron chi connectivity index (χ2n) is 8.29. The zero-order valence-corrected chi connectivity index (χ0v) is 17.7. The van der Waals surface area contributed by atoms with Gasteiger partial charge in [-0.15, -0.1) is 0 Å². The first kappa shape index (κ1) is 21.8. The Morgan fingerprint density at radius 1 is 1.10 bits per heavy atom. The van der Waals surface area contributed by atoms with Crippen molar-refractivity contribution < 1.29 is 9.59 Å². The maximum Gasteiger partial charge on any atom is 0.227 e. The van der Waals surface area contributed by atoms with Crippen molar-refractivity contribution in [2.24, 2.45) is 0 Å². The van der Waals surface area contributed by atoms with E-state index in [2.05, 4.69) is 27.9 Å². The van der Waals surface area contributed by atoms with Crippen molar-refractivity contribution in [1.29, 1.82) is 0 Å². The van der Waals surface area contributed by atoms with Crippen LogP contribution in [0.1, 0.15) is 56.9 Å². The van der Waals surface area contributed by atoms with Crippen LogP contribution in [0.3, 0.4) is 0 Å². The maximum absolute atomic E-state index is 13.2. The summed E-state index contributed by atoms with van der Waals surface area (Å²) < 4.78 is 1.79. The first-order valence-electron chi connectivity index (χ1n) is 10.8. The Bertz CT molecular complexity index is 832. The minimum atomic E-state index is -0.629. The van der Waals surface area contributed by atoms with E-state index < -0.39 is 5.54 Å². The van der Waals surface area contributed by atoms with Gasteiger partial charge >= 0.3 is 0 Å². The molecular weight excluding hydrogens is 376 g/mol. The number of amides is 2. The molecule has 1 aromatic heterocycles. The van der Waals surface area contributed by atoms with Gasteiger partial charge in [-0.25, -0.2) is 0 Å². The van der Waals surface area contributed by atoms with Crippen LogP contribution in [-0.2, 0) is 16.1 Å². The van der Waals surface area contributed by atoms with E-state index in [4.69, 9.17) is 0 Å². The number of carbonyl (C=O) groups is 2. The molecule has 2 heterocycles. The molecule has 0 saturated carbocycles. The van der Waals surface area contributed by atoms with E-state index in [9.17, 15) is 9.59 Å². The number of rotatable bonds is 3. The van der Waals surface area contributed by atoms with Crippen LogP contribution in [0, 0.1) is 0 Å². The number of hydrogen-bond donors (Lipinski definition) is 2. The molecule has 0 fully saturated rings. The Morgan fingerprint density at radius 3 is 2.60 bits per heavy atom. The lowest BCUT2D eigenvalue weighted by molar-refractivity contribution is -0.125. The molecule has 0 bridgehead atoms. The number of allylic oxidation sites excluding steroid dienone is 2. The molecule has 1 aliphatic heterocycles. The second kappa shape index (κ2) is 10.8. The fraction of sp³-hybridized carbons (Fsp3) is 0.458. The first-order chi connectivity index (χ1) is 14.6. The highest BCUT2D eigenvalue weighted by Gasteiger charge is 2.29. The summed E-state index contributed by atoms with van der Waals surface area (Å²) >= 11 is 0. The van der Waals surface area contributed by atoms with Crippen LogP contribution in [0.4, 0.5) is 0 Å². The Morgan fingerprint density at radius 2 is 1.87 bits per heavy atom. The summed E-state index contributed by atoms with van der Waals surface area (Å²) in [5, 5.41) is 10.5. The summed E-state index contributed by atoms with van der Waals surface area (Å²) in [5.41, 5.74) is 0.400. The van der Waals surface area contributed by atoms with Crippen molar-refractivity contribution in [1.82, 2.24) is 20.4 Å². The smallest absolute Gasteiger partial charge is 0.227 e. The number of nitrogens with one attached hydrogen (secondary N) is 2. The molecule has 6 heteroatoms.